The molecule has 2 atom stereocenters. The molecule has 2 heterocycles. The summed E-state index contributed by atoms with van der Waals surface area (Å²) in [4.78, 5) is 29.1. The normalized spacial score (nSPS) is 21.6. The van der Waals surface area contributed by atoms with Gasteiger partial charge in [-0.3, -0.25) is 9.59 Å². The second kappa shape index (κ2) is 6.53. The number of methoxy groups -OCH3 is 2. The lowest BCUT2D eigenvalue weighted by molar-refractivity contribution is -0.142. The van der Waals surface area contributed by atoms with Gasteiger partial charge in [-0.2, -0.15) is 0 Å². The van der Waals surface area contributed by atoms with Crippen LogP contribution in [0, 0.1) is 5.92 Å². The molecule has 0 bridgehead atoms. The fourth-order valence-electron chi connectivity index (χ4n) is 2.56. The van der Waals surface area contributed by atoms with Gasteiger partial charge in [-0.25, -0.2) is 4.98 Å². The van der Waals surface area contributed by atoms with Crippen LogP contribution >= 0.6 is 0 Å². The Balaban J connectivity index is 2.31. The number of amides is 1. The van der Waals surface area contributed by atoms with Crippen molar-refractivity contribution in [1.29, 1.82) is 0 Å². The number of carbonyl (C=O) groups excluding carboxylic acids is 1. The van der Waals surface area contributed by atoms with E-state index < -0.39 is 17.9 Å². The molecule has 0 aromatic carbocycles. The van der Waals surface area contributed by atoms with Crippen molar-refractivity contribution < 1.29 is 24.2 Å². The van der Waals surface area contributed by atoms with Gasteiger partial charge in [-0.15, -0.1) is 0 Å². The molecule has 7 nitrogen and oxygen atoms in total. The standard InChI is InChI=1S/C14H18N2O5/c1-20-6-5-16-12(17)7-10(14(18)19)13(16)9-3-4-11(21-2)15-8-9/h3-4,8,10,13H,5-7H2,1-2H3,(H,18,19). The molecule has 1 N–H and O–H groups in total. The number of nitrogens with zero attached hydrogens (tertiary/aromatic N) is 2. The summed E-state index contributed by atoms with van der Waals surface area (Å²) in [6.45, 7) is 0.716. The highest BCUT2D eigenvalue weighted by atomic mass is 16.5. The fraction of sp³-hybridized carbons (Fsp3) is 0.500. The smallest absolute Gasteiger partial charge is 0.309 e. The van der Waals surface area contributed by atoms with Crippen molar-refractivity contribution in [3.8, 4) is 5.88 Å². The first-order valence-corrected chi connectivity index (χ1v) is 6.59. The van der Waals surface area contributed by atoms with Crippen LogP contribution in [0.2, 0.25) is 0 Å². The molecule has 21 heavy (non-hydrogen) atoms. The molecule has 0 radical (unpaired) electrons. The molecule has 0 spiro atoms. The van der Waals surface area contributed by atoms with E-state index in [0.29, 0.717) is 24.6 Å². The van der Waals surface area contributed by atoms with Crippen LogP contribution < -0.4 is 4.74 Å². The van der Waals surface area contributed by atoms with Crippen LogP contribution in [0.1, 0.15) is 18.0 Å². The molecule has 0 aliphatic carbocycles. The number of aliphatic carboxylic acids is 1. The Morgan fingerprint density at radius 3 is 2.76 bits per heavy atom. The molecule has 7 heteroatoms. The summed E-state index contributed by atoms with van der Waals surface area (Å²) in [5.41, 5.74) is 0.685. The number of carboxylic acids is 1. The van der Waals surface area contributed by atoms with E-state index in [0.717, 1.165) is 0 Å². The zero-order chi connectivity index (χ0) is 15.4. The minimum atomic E-state index is -0.982. The van der Waals surface area contributed by atoms with Gasteiger partial charge in [0.15, 0.2) is 0 Å². The van der Waals surface area contributed by atoms with Crippen molar-refractivity contribution in [2.24, 2.45) is 5.92 Å². The van der Waals surface area contributed by atoms with Gasteiger partial charge in [0.25, 0.3) is 0 Å². The Kier molecular flexibility index (Phi) is 4.74. The Morgan fingerprint density at radius 1 is 1.48 bits per heavy atom. The third-order valence-corrected chi connectivity index (χ3v) is 3.60. The van der Waals surface area contributed by atoms with Gasteiger partial charge < -0.3 is 19.5 Å². The molecule has 1 saturated heterocycles. The zero-order valence-corrected chi connectivity index (χ0v) is 12.0. The first-order valence-electron chi connectivity index (χ1n) is 6.59. The summed E-state index contributed by atoms with van der Waals surface area (Å²) in [7, 11) is 3.05. The van der Waals surface area contributed by atoms with E-state index in [1.54, 1.807) is 30.3 Å². The lowest BCUT2D eigenvalue weighted by Crippen LogP contribution is -2.33. The molecule has 2 rings (SSSR count). The zero-order valence-electron chi connectivity index (χ0n) is 12.0. The number of hydrogen-bond donors (Lipinski definition) is 1. The lowest BCUT2D eigenvalue weighted by atomic mass is 9.95. The third kappa shape index (κ3) is 3.13. The van der Waals surface area contributed by atoms with Crippen LogP contribution in [-0.4, -0.2) is 54.2 Å². The first kappa shape index (κ1) is 15.2. The number of carboxylic acid groups (broad SMARTS) is 1. The number of likely N-dealkylation sites (tertiary alicyclic amines) is 1. The molecule has 0 saturated carbocycles. The predicted octanol–water partition coefficient (Wildman–Crippen LogP) is 0.711. The van der Waals surface area contributed by atoms with Crippen LogP contribution in [0.3, 0.4) is 0 Å². The van der Waals surface area contributed by atoms with Crippen LogP contribution in [0.25, 0.3) is 0 Å². The first-order chi connectivity index (χ1) is 10.1. The highest BCUT2D eigenvalue weighted by Crippen LogP contribution is 2.38. The molecule has 2 unspecified atom stereocenters. The predicted molar refractivity (Wildman–Crippen MR) is 72.9 cm³/mol. The molecule has 1 aliphatic heterocycles. The van der Waals surface area contributed by atoms with Crippen molar-refractivity contribution in [3.63, 3.8) is 0 Å². The van der Waals surface area contributed by atoms with Gasteiger partial charge in [0.1, 0.15) is 0 Å². The van der Waals surface area contributed by atoms with Crippen molar-refractivity contribution in [2.45, 2.75) is 12.5 Å². The second-order valence-corrected chi connectivity index (χ2v) is 4.81. The maximum Gasteiger partial charge on any atom is 0.309 e. The van der Waals surface area contributed by atoms with E-state index in [4.69, 9.17) is 9.47 Å². The molecule has 114 valence electrons. The van der Waals surface area contributed by atoms with E-state index in [2.05, 4.69) is 4.98 Å². The molecule has 1 aromatic heterocycles. The minimum Gasteiger partial charge on any atom is -0.481 e. The van der Waals surface area contributed by atoms with Gasteiger partial charge in [0, 0.05) is 32.3 Å². The van der Waals surface area contributed by atoms with Crippen molar-refractivity contribution in [3.05, 3.63) is 23.9 Å². The average molecular weight is 294 g/mol. The Morgan fingerprint density at radius 2 is 2.24 bits per heavy atom. The van der Waals surface area contributed by atoms with E-state index >= 15 is 0 Å². The summed E-state index contributed by atoms with van der Waals surface area (Å²) in [6.07, 6.45) is 1.55. The number of ether oxygens (including phenoxy) is 2. The lowest BCUT2D eigenvalue weighted by Gasteiger charge is -2.26. The van der Waals surface area contributed by atoms with Crippen LogP contribution in [0.4, 0.5) is 0 Å². The van der Waals surface area contributed by atoms with Crippen LogP contribution in [0.15, 0.2) is 18.3 Å². The maximum absolute atomic E-state index is 12.1. The number of hydrogen-bond acceptors (Lipinski definition) is 5. The molecule has 1 aliphatic rings. The van der Waals surface area contributed by atoms with E-state index in [9.17, 15) is 14.7 Å². The van der Waals surface area contributed by atoms with Crippen LogP contribution in [-0.2, 0) is 14.3 Å². The summed E-state index contributed by atoms with van der Waals surface area (Å²) in [6, 6.07) is 2.87. The maximum atomic E-state index is 12.1. The monoisotopic (exact) mass is 294 g/mol. The summed E-state index contributed by atoms with van der Waals surface area (Å²) in [5, 5.41) is 9.35. The van der Waals surface area contributed by atoms with Crippen molar-refractivity contribution in [1.82, 2.24) is 9.88 Å². The molecule has 1 fully saturated rings. The molecular formula is C14H18N2O5. The van der Waals surface area contributed by atoms with Gasteiger partial charge in [-0.1, -0.05) is 6.07 Å². The molecule has 1 amide bonds. The molecule has 1 aromatic rings. The SMILES string of the molecule is COCCN1C(=O)CC(C(=O)O)C1c1ccc(OC)nc1. The quantitative estimate of drug-likeness (QED) is 0.831. The Bertz CT molecular complexity index is 517. The number of pyridine rings is 1. The van der Waals surface area contributed by atoms with Gasteiger partial charge >= 0.3 is 5.97 Å². The fourth-order valence-corrected chi connectivity index (χ4v) is 2.56. The number of rotatable bonds is 6. The van der Waals surface area contributed by atoms with Crippen molar-refractivity contribution >= 4 is 11.9 Å². The van der Waals surface area contributed by atoms with E-state index in [1.807, 2.05) is 0 Å². The Hall–Kier alpha value is -2.15. The number of carbonyl (C=O) groups is 2. The topological polar surface area (TPSA) is 89.0 Å². The van der Waals surface area contributed by atoms with Gasteiger partial charge in [0.05, 0.1) is 25.7 Å². The average Bonchev–Trinajstić information content (AvgIpc) is 2.82. The third-order valence-electron chi connectivity index (χ3n) is 3.60. The van der Waals surface area contributed by atoms with Crippen LogP contribution in [0.5, 0.6) is 5.88 Å². The number of aromatic nitrogens is 1. The van der Waals surface area contributed by atoms with E-state index in [-0.39, 0.29) is 12.3 Å². The highest BCUT2D eigenvalue weighted by molar-refractivity contribution is 5.87. The summed E-state index contributed by atoms with van der Waals surface area (Å²) < 4.78 is 9.98. The summed E-state index contributed by atoms with van der Waals surface area (Å²) >= 11 is 0. The van der Waals surface area contributed by atoms with Crippen molar-refractivity contribution in [2.75, 3.05) is 27.4 Å². The minimum absolute atomic E-state index is 0.00422. The molecular weight excluding hydrogens is 276 g/mol. The van der Waals surface area contributed by atoms with Gasteiger partial charge in [0.2, 0.25) is 11.8 Å². The van der Waals surface area contributed by atoms with Gasteiger partial charge in [-0.05, 0) is 5.56 Å². The van der Waals surface area contributed by atoms with E-state index in [1.165, 1.54) is 7.11 Å². The largest absolute Gasteiger partial charge is 0.481 e. The highest BCUT2D eigenvalue weighted by Gasteiger charge is 2.44. The Labute approximate surface area is 122 Å². The second-order valence-electron chi connectivity index (χ2n) is 4.81. The summed E-state index contributed by atoms with van der Waals surface area (Å²) in [5.74, 6) is -1.49.